The van der Waals surface area contributed by atoms with E-state index in [-0.39, 0.29) is 6.10 Å². The van der Waals surface area contributed by atoms with Crippen LogP contribution >= 0.6 is 15.9 Å². The zero-order valence-electron chi connectivity index (χ0n) is 15.6. The highest BCUT2D eigenvalue weighted by molar-refractivity contribution is 9.10. The number of hydrogen-bond acceptors (Lipinski definition) is 4. The van der Waals surface area contributed by atoms with Crippen LogP contribution < -0.4 is 15.4 Å². The van der Waals surface area contributed by atoms with E-state index in [1.165, 1.54) is 0 Å². The number of rotatable bonds is 9. The molecule has 2 N–H and O–H groups in total. The van der Waals surface area contributed by atoms with Gasteiger partial charge in [-0.25, -0.2) is 4.99 Å². The number of halogens is 1. The molecule has 2 aromatic rings. The maximum atomic E-state index is 5.94. The number of aromatic nitrogens is 3. The molecule has 8 heteroatoms. The Kier molecular flexibility index (Phi) is 8.40. The second-order valence-corrected chi connectivity index (χ2v) is 6.65. The Hall–Kier alpha value is -2.09. The van der Waals surface area contributed by atoms with Crippen LogP contribution in [0.4, 0.5) is 0 Å². The Morgan fingerprint density at radius 1 is 1.31 bits per heavy atom. The lowest BCUT2D eigenvalue weighted by molar-refractivity contribution is 0.228. The lowest BCUT2D eigenvalue weighted by atomic mass is 10.3. The van der Waals surface area contributed by atoms with Crippen LogP contribution in [0.3, 0.4) is 0 Å². The third-order valence-corrected chi connectivity index (χ3v) is 4.33. The van der Waals surface area contributed by atoms with Crippen LogP contribution in [0, 0.1) is 0 Å². The first-order valence-electron chi connectivity index (χ1n) is 8.94. The third-order valence-electron chi connectivity index (χ3n) is 3.67. The average molecular weight is 423 g/mol. The minimum Gasteiger partial charge on any atom is -0.488 e. The number of benzene rings is 1. The molecule has 0 bridgehead atoms. The van der Waals surface area contributed by atoms with Crippen molar-refractivity contribution < 1.29 is 4.74 Å². The number of para-hydroxylation sites is 1. The Morgan fingerprint density at radius 2 is 2.12 bits per heavy atom. The molecule has 142 valence electrons. The largest absolute Gasteiger partial charge is 0.488 e. The molecule has 0 aliphatic rings. The van der Waals surface area contributed by atoms with E-state index in [2.05, 4.69) is 53.2 Å². The van der Waals surface area contributed by atoms with Gasteiger partial charge in [0.05, 0.1) is 11.0 Å². The molecule has 2 rings (SSSR count). The van der Waals surface area contributed by atoms with Crippen molar-refractivity contribution in [3.8, 4) is 5.75 Å². The van der Waals surface area contributed by atoms with E-state index < -0.39 is 0 Å². The SMILES string of the molecule is CCNC(=NCC(C)Oc1ccccc1Br)NCCn1cnnc1CC. The maximum absolute atomic E-state index is 5.94. The van der Waals surface area contributed by atoms with Gasteiger partial charge in [0.1, 0.15) is 24.0 Å². The fraction of sp³-hybridized carbons (Fsp3) is 0.500. The molecule has 0 amide bonds. The summed E-state index contributed by atoms with van der Waals surface area (Å²) in [5.41, 5.74) is 0. The second-order valence-electron chi connectivity index (χ2n) is 5.80. The fourth-order valence-corrected chi connectivity index (χ4v) is 2.77. The van der Waals surface area contributed by atoms with E-state index >= 15 is 0 Å². The van der Waals surface area contributed by atoms with Crippen LogP contribution in [-0.2, 0) is 13.0 Å². The highest BCUT2D eigenvalue weighted by atomic mass is 79.9. The first-order chi connectivity index (χ1) is 12.6. The Morgan fingerprint density at radius 3 is 2.85 bits per heavy atom. The van der Waals surface area contributed by atoms with Gasteiger partial charge in [0.2, 0.25) is 0 Å². The van der Waals surface area contributed by atoms with E-state index in [0.717, 1.165) is 48.1 Å². The number of nitrogens with zero attached hydrogens (tertiary/aromatic N) is 4. The maximum Gasteiger partial charge on any atom is 0.191 e. The summed E-state index contributed by atoms with van der Waals surface area (Å²) in [6, 6.07) is 7.83. The van der Waals surface area contributed by atoms with Crippen molar-refractivity contribution in [3.63, 3.8) is 0 Å². The van der Waals surface area contributed by atoms with Crippen molar-refractivity contribution in [3.05, 3.63) is 40.9 Å². The molecule has 0 aliphatic carbocycles. The van der Waals surface area contributed by atoms with Gasteiger partial charge in [0.15, 0.2) is 5.96 Å². The molecule has 0 aliphatic heterocycles. The molecular weight excluding hydrogens is 396 g/mol. The van der Waals surface area contributed by atoms with Crippen molar-refractivity contribution in [2.45, 2.75) is 39.8 Å². The lowest BCUT2D eigenvalue weighted by Gasteiger charge is -2.16. The van der Waals surface area contributed by atoms with E-state index in [1.807, 2.05) is 38.1 Å². The lowest BCUT2D eigenvalue weighted by Crippen LogP contribution is -2.39. The number of aryl methyl sites for hydroxylation is 1. The summed E-state index contributed by atoms with van der Waals surface area (Å²) in [6.45, 7) is 9.04. The number of nitrogens with one attached hydrogen (secondary N) is 2. The van der Waals surface area contributed by atoms with Crippen molar-refractivity contribution in [2.75, 3.05) is 19.6 Å². The van der Waals surface area contributed by atoms with Crippen molar-refractivity contribution >= 4 is 21.9 Å². The Balaban J connectivity index is 1.84. The predicted octanol–water partition coefficient (Wildman–Crippen LogP) is 2.63. The first kappa shape index (κ1) is 20.2. The molecule has 0 saturated carbocycles. The quantitative estimate of drug-likeness (QED) is 0.479. The fourth-order valence-electron chi connectivity index (χ4n) is 2.39. The minimum absolute atomic E-state index is 0.0336. The average Bonchev–Trinajstić information content (AvgIpc) is 3.09. The third kappa shape index (κ3) is 6.33. The molecule has 0 radical (unpaired) electrons. The first-order valence-corrected chi connectivity index (χ1v) is 9.73. The van der Waals surface area contributed by atoms with Gasteiger partial charge in [0.25, 0.3) is 0 Å². The number of ether oxygens (including phenoxy) is 1. The van der Waals surface area contributed by atoms with Crippen LogP contribution in [0.25, 0.3) is 0 Å². The van der Waals surface area contributed by atoms with Gasteiger partial charge in [-0.15, -0.1) is 10.2 Å². The summed E-state index contributed by atoms with van der Waals surface area (Å²) >= 11 is 3.50. The van der Waals surface area contributed by atoms with Gasteiger partial charge in [-0.3, -0.25) is 0 Å². The summed E-state index contributed by atoms with van der Waals surface area (Å²) in [5.74, 6) is 2.60. The summed E-state index contributed by atoms with van der Waals surface area (Å²) in [5, 5.41) is 14.6. The topological polar surface area (TPSA) is 76.4 Å². The van der Waals surface area contributed by atoms with E-state index in [0.29, 0.717) is 6.54 Å². The van der Waals surface area contributed by atoms with Gasteiger partial charge in [-0.2, -0.15) is 0 Å². The second kappa shape index (κ2) is 10.8. The summed E-state index contributed by atoms with van der Waals surface area (Å²) in [7, 11) is 0. The normalized spacial score (nSPS) is 12.7. The molecule has 7 nitrogen and oxygen atoms in total. The number of hydrogen-bond donors (Lipinski definition) is 2. The standard InChI is InChI=1S/C18H27BrN6O/c1-4-17-24-23-13-25(17)11-10-21-18(20-5-2)22-12-14(3)26-16-9-7-6-8-15(16)19/h6-9,13-14H,4-5,10-12H2,1-3H3,(H2,20,21,22). The van der Waals surface area contributed by atoms with Gasteiger partial charge in [0, 0.05) is 26.1 Å². The summed E-state index contributed by atoms with van der Waals surface area (Å²) in [6.07, 6.45) is 2.60. The van der Waals surface area contributed by atoms with Gasteiger partial charge >= 0.3 is 0 Å². The Bertz CT molecular complexity index is 702. The molecule has 1 aromatic heterocycles. The van der Waals surface area contributed by atoms with Gasteiger partial charge < -0.3 is 19.9 Å². The molecule has 1 atom stereocenters. The van der Waals surface area contributed by atoms with E-state index in [4.69, 9.17) is 4.74 Å². The zero-order valence-corrected chi connectivity index (χ0v) is 17.2. The highest BCUT2D eigenvalue weighted by Gasteiger charge is 2.07. The van der Waals surface area contributed by atoms with Crippen LogP contribution in [0.2, 0.25) is 0 Å². The highest BCUT2D eigenvalue weighted by Crippen LogP contribution is 2.24. The molecule has 1 unspecified atom stereocenters. The molecule has 0 saturated heterocycles. The molecular formula is C18H27BrN6O. The summed E-state index contributed by atoms with van der Waals surface area (Å²) in [4.78, 5) is 4.61. The monoisotopic (exact) mass is 422 g/mol. The molecule has 0 spiro atoms. The van der Waals surface area contributed by atoms with Crippen LogP contribution in [-0.4, -0.2) is 46.5 Å². The van der Waals surface area contributed by atoms with Crippen LogP contribution in [0.1, 0.15) is 26.6 Å². The van der Waals surface area contributed by atoms with E-state index in [9.17, 15) is 0 Å². The van der Waals surface area contributed by atoms with Crippen LogP contribution in [0.5, 0.6) is 5.75 Å². The van der Waals surface area contributed by atoms with Crippen molar-refractivity contribution in [2.24, 2.45) is 4.99 Å². The van der Waals surface area contributed by atoms with E-state index in [1.54, 1.807) is 6.33 Å². The van der Waals surface area contributed by atoms with Gasteiger partial charge in [-0.1, -0.05) is 19.1 Å². The molecule has 1 heterocycles. The van der Waals surface area contributed by atoms with Crippen molar-refractivity contribution in [1.82, 2.24) is 25.4 Å². The molecule has 0 fully saturated rings. The number of guanidine groups is 1. The predicted molar refractivity (Wildman–Crippen MR) is 108 cm³/mol. The smallest absolute Gasteiger partial charge is 0.191 e. The van der Waals surface area contributed by atoms with Gasteiger partial charge in [-0.05, 0) is 41.9 Å². The number of aliphatic imine (C=N–C) groups is 1. The molecule has 26 heavy (non-hydrogen) atoms. The van der Waals surface area contributed by atoms with Crippen LogP contribution in [0.15, 0.2) is 40.1 Å². The summed E-state index contributed by atoms with van der Waals surface area (Å²) < 4.78 is 8.93. The molecule has 1 aromatic carbocycles. The minimum atomic E-state index is -0.0336. The van der Waals surface area contributed by atoms with Crippen molar-refractivity contribution in [1.29, 1.82) is 0 Å². The zero-order chi connectivity index (χ0) is 18.8. The Labute approximate surface area is 163 Å².